The lowest BCUT2D eigenvalue weighted by Gasteiger charge is -2.16. The highest BCUT2D eigenvalue weighted by atomic mass is 19.3. The molecule has 0 bridgehead atoms. The Hall–Kier alpha value is -2.05. The number of benzene rings is 1. The summed E-state index contributed by atoms with van der Waals surface area (Å²) in [6.45, 7) is -2.96. The van der Waals surface area contributed by atoms with Crippen molar-refractivity contribution in [3.05, 3.63) is 18.2 Å². The van der Waals surface area contributed by atoms with Gasteiger partial charge in [0, 0.05) is 12.1 Å². The molecule has 7 heteroatoms. The highest BCUT2D eigenvalue weighted by Gasteiger charge is 2.18. The smallest absolute Gasteiger partial charge is 0.387 e. The fourth-order valence-corrected chi connectivity index (χ4v) is 2.35. The number of anilines is 1. The second-order valence-electron chi connectivity index (χ2n) is 4.82. The number of nitrogens with one attached hydrogen (secondary N) is 2. The molecule has 116 valence electrons. The molecule has 0 atom stereocenters. The minimum Gasteiger partial charge on any atom is -0.497 e. The first-order chi connectivity index (χ1) is 10.1. The predicted octanol–water partition coefficient (Wildman–Crippen LogP) is 3.36. The Bertz CT molecular complexity index is 491. The van der Waals surface area contributed by atoms with Crippen LogP contribution in [0.4, 0.5) is 19.3 Å². The molecule has 5 nitrogen and oxygen atoms in total. The van der Waals surface area contributed by atoms with Gasteiger partial charge in [-0.2, -0.15) is 8.78 Å². The molecule has 2 N–H and O–H groups in total. The van der Waals surface area contributed by atoms with Crippen LogP contribution in [-0.2, 0) is 0 Å². The maximum Gasteiger partial charge on any atom is 0.387 e. The molecule has 2 rings (SSSR count). The van der Waals surface area contributed by atoms with Crippen molar-refractivity contribution in [1.29, 1.82) is 0 Å². The number of ether oxygens (including phenoxy) is 2. The summed E-state index contributed by atoms with van der Waals surface area (Å²) in [6.07, 6.45) is 4.05. The number of amides is 2. The molecule has 2 amide bonds. The summed E-state index contributed by atoms with van der Waals surface area (Å²) < 4.78 is 34.1. The van der Waals surface area contributed by atoms with Crippen molar-refractivity contribution in [2.75, 3.05) is 12.4 Å². The van der Waals surface area contributed by atoms with E-state index >= 15 is 0 Å². The van der Waals surface area contributed by atoms with Crippen LogP contribution in [-0.4, -0.2) is 25.8 Å². The van der Waals surface area contributed by atoms with E-state index in [9.17, 15) is 13.6 Å². The second kappa shape index (κ2) is 7.10. The van der Waals surface area contributed by atoms with E-state index in [0.717, 1.165) is 25.7 Å². The number of halogens is 2. The molecule has 1 aromatic rings. The van der Waals surface area contributed by atoms with Crippen LogP contribution in [0.15, 0.2) is 18.2 Å². The summed E-state index contributed by atoms with van der Waals surface area (Å²) in [6, 6.07) is 3.95. The largest absolute Gasteiger partial charge is 0.497 e. The van der Waals surface area contributed by atoms with Crippen molar-refractivity contribution in [2.45, 2.75) is 38.3 Å². The van der Waals surface area contributed by atoms with Gasteiger partial charge in [-0.1, -0.05) is 12.8 Å². The maximum atomic E-state index is 12.4. The first-order valence-electron chi connectivity index (χ1n) is 6.79. The van der Waals surface area contributed by atoms with Gasteiger partial charge >= 0.3 is 12.6 Å². The summed E-state index contributed by atoms with van der Waals surface area (Å²) in [5.74, 6) is 0.333. The molecule has 1 aromatic carbocycles. The number of urea groups is 1. The number of carbonyl (C=O) groups is 1. The molecule has 0 aromatic heterocycles. The summed E-state index contributed by atoms with van der Waals surface area (Å²) in [5.41, 5.74) is 0.144. The number of hydrogen-bond acceptors (Lipinski definition) is 3. The third-order valence-corrected chi connectivity index (χ3v) is 3.34. The van der Waals surface area contributed by atoms with E-state index in [-0.39, 0.29) is 17.5 Å². The van der Waals surface area contributed by atoms with E-state index in [1.54, 1.807) is 0 Å². The van der Waals surface area contributed by atoms with Gasteiger partial charge in [0.15, 0.2) is 0 Å². The number of methoxy groups -OCH3 is 1. The molecule has 0 unspecified atom stereocenters. The molecular weight excluding hydrogens is 282 g/mol. The summed E-state index contributed by atoms with van der Waals surface area (Å²) in [5, 5.41) is 5.34. The van der Waals surface area contributed by atoms with Gasteiger partial charge in [0.25, 0.3) is 0 Å². The molecule has 1 aliphatic carbocycles. The van der Waals surface area contributed by atoms with Gasteiger partial charge in [-0.25, -0.2) is 4.79 Å². The van der Waals surface area contributed by atoms with Crippen molar-refractivity contribution in [1.82, 2.24) is 5.32 Å². The number of alkyl halides is 2. The first kappa shape index (κ1) is 15.3. The van der Waals surface area contributed by atoms with Crippen LogP contribution in [0.3, 0.4) is 0 Å². The summed E-state index contributed by atoms with van der Waals surface area (Å²) >= 11 is 0. The standard InChI is InChI=1S/C14H18F2N2O3/c1-20-10-6-7-12(21-13(15)16)11(8-10)18-14(19)17-9-4-2-3-5-9/h6-9,13H,2-5H2,1H3,(H2,17,18,19). The van der Waals surface area contributed by atoms with Gasteiger partial charge in [-0.05, 0) is 25.0 Å². The van der Waals surface area contributed by atoms with E-state index in [0.29, 0.717) is 5.75 Å². The lowest BCUT2D eigenvalue weighted by molar-refractivity contribution is -0.0493. The Morgan fingerprint density at radius 2 is 2.05 bits per heavy atom. The quantitative estimate of drug-likeness (QED) is 0.876. The van der Waals surface area contributed by atoms with Gasteiger partial charge < -0.3 is 20.1 Å². The molecule has 1 fully saturated rings. The molecule has 1 aliphatic rings. The van der Waals surface area contributed by atoms with Gasteiger partial charge in [-0.3, -0.25) is 0 Å². The zero-order valence-electron chi connectivity index (χ0n) is 11.7. The molecule has 0 heterocycles. The van der Waals surface area contributed by atoms with Gasteiger partial charge in [0.2, 0.25) is 0 Å². The van der Waals surface area contributed by atoms with Crippen LogP contribution in [0.2, 0.25) is 0 Å². The Morgan fingerprint density at radius 3 is 2.67 bits per heavy atom. The van der Waals surface area contributed by atoms with E-state index in [1.807, 2.05) is 0 Å². The van der Waals surface area contributed by atoms with Gasteiger partial charge in [0.1, 0.15) is 11.5 Å². The van der Waals surface area contributed by atoms with Gasteiger partial charge in [0.05, 0.1) is 12.8 Å². The van der Waals surface area contributed by atoms with E-state index in [1.165, 1.54) is 25.3 Å². The molecule has 0 spiro atoms. The Labute approximate surface area is 121 Å². The topological polar surface area (TPSA) is 59.6 Å². The second-order valence-corrected chi connectivity index (χ2v) is 4.82. The number of hydrogen-bond donors (Lipinski definition) is 2. The Balaban J connectivity index is 2.06. The van der Waals surface area contributed by atoms with Crippen molar-refractivity contribution >= 4 is 11.7 Å². The fraction of sp³-hybridized carbons (Fsp3) is 0.500. The monoisotopic (exact) mass is 300 g/mol. The third kappa shape index (κ3) is 4.47. The normalized spacial score (nSPS) is 15.0. The van der Waals surface area contributed by atoms with Crippen molar-refractivity contribution < 1.29 is 23.0 Å². The van der Waals surface area contributed by atoms with Crippen LogP contribution in [0.25, 0.3) is 0 Å². The first-order valence-corrected chi connectivity index (χ1v) is 6.79. The fourth-order valence-electron chi connectivity index (χ4n) is 2.35. The molecule has 0 saturated heterocycles. The van der Waals surface area contributed by atoms with Crippen LogP contribution >= 0.6 is 0 Å². The molecular formula is C14H18F2N2O3. The molecule has 0 radical (unpaired) electrons. The van der Waals surface area contributed by atoms with Crippen molar-refractivity contribution in [3.8, 4) is 11.5 Å². The lowest BCUT2D eigenvalue weighted by atomic mass is 10.2. The highest BCUT2D eigenvalue weighted by Crippen LogP contribution is 2.30. The maximum absolute atomic E-state index is 12.4. The summed E-state index contributed by atoms with van der Waals surface area (Å²) in [4.78, 5) is 11.9. The van der Waals surface area contributed by atoms with Crippen molar-refractivity contribution in [2.24, 2.45) is 0 Å². The van der Waals surface area contributed by atoms with Crippen LogP contribution < -0.4 is 20.1 Å². The highest BCUT2D eigenvalue weighted by molar-refractivity contribution is 5.91. The minimum absolute atomic E-state index is 0.104. The van der Waals surface area contributed by atoms with Crippen molar-refractivity contribution in [3.63, 3.8) is 0 Å². The van der Waals surface area contributed by atoms with E-state index < -0.39 is 12.6 Å². The average Bonchev–Trinajstić information content (AvgIpc) is 2.93. The average molecular weight is 300 g/mol. The molecule has 0 aliphatic heterocycles. The zero-order valence-corrected chi connectivity index (χ0v) is 11.7. The zero-order chi connectivity index (χ0) is 15.2. The SMILES string of the molecule is COc1ccc(OC(F)F)c(NC(=O)NC2CCCC2)c1. The number of carbonyl (C=O) groups excluding carboxylic acids is 1. The minimum atomic E-state index is -2.96. The number of rotatable bonds is 5. The Morgan fingerprint density at radius 1 is 1.33 bits per heavy atom. The van der Waals surface area contributed by atoms with Gasteiger partial charge in [-0.15, -0.1) is 0 Å². The van der Waals surface area contributed by atoms with Crippen LogP contribution in [0, 0.1) is 0 Å². The predicted molar refractivity (Wildman–Crippen MR) is 74.0 cm³/mol. The van der Waals surface area contributed by atoms with E-state index in [2.05, 4.69) is 15.4 Å². The van der Waals surface area contributed by atoms with Crippen LogP contribution in [0.1, 0.15) is 25.7 Å². The molecule has 1 saturated carbocycles. The summed E-state index contributed by atoms with van der Waals surface area (Å²) in [7, 11) is 1.45. The Kier molecular flexibility index (Phi) is 5.19. The third-order valence-electron chi connectivity index (χ3n) is 3.34. The van der Waals surface area contributed by atoms with Crippen LogP contribution in [0.5, 0.6) is 11.5 Å². The lowest BCUT2D eigenvalue weighted by Crippen LogP contribution is -2.36. The van der Waals surface area contributed by atoms with E-state index in [4.69, 9.17) is 4.74 Å². The molecule has 21 heavy (non-hydrogen) atoms.